The molecule has 118 valence electrons. The molecule has 0 saturated carbocycles. The van der Waals surface area contributed by atoms with Crippen molar-refractivity contribution in [1.82, 2.24) is 14.8 Å². The number of hydrogen-bond donors (Lipinski definition) is 0. The standard InChI is InChI=1S/C16H14ClN3O3/c1-22-15-13(16(21)23-2)8-10-6-12(17)7-11(14(10)19-15)9-20-5-3-4-18-20/h3-8H,9H2,1-2H3. The van der Waals surface area contributed by atoms with Gasteiger partial charge in [-0.25, -0.2) is 9.78 Å². The van der Waals surface area contributed by atoms with Crippen LogP contribution in [0.5, 0.6) is 5.88 Å². The number of carbonyl (C=O) groups excluding carboxylic acids is 1. The van der Waals surface area contributed by atoms with Crippen LogP contribution in [0.3, 0.4) is 0 Å². The number of pyridine rings is 1. The van der Waals surface area contributed by atoms with Crippen molar-refractivity contribution in [3.63, 3.8) is 0 Å². The number of nitrogens with zero attached hydrogens (tertiary/aromatic N) is 3. The minimum atomic E-state index is -0.509. The zero-order valence-corrected chi connectivity index (χ0v) is 13.4. The molecule has 2 heterocycles. The molecular weight excluding hydrogens is 318 g/mol. The van der Waals surface area contributed by atoms with E-state index in [0.717, 1.165) is 10.9 Å². The molecule has 23 heavy (non-hydrogen) atoms. The molecule has 3 rings (SSSR count). The first-order valence-electron chi connectivity index (χ1n) is 6.85. The molecule has 0 unspecified atom stereocenters. The van der Waals surface area contributed by atoms with Crippen molar-refractivity contribution in [2.75, 3.05) is 14.2 Å². The predicted octanol–water partition coefficient (Wildman–Crippen LogP) is 2.93. The van der Waals surface area contributed by atoms with Crippen LogP contribution in [0.1, 0.15) is 15.9 Å². The van der Waals surface area contributed by atoms with Crippen molar-refractivity contribution in [3.8, 4) is 5.88 Å². The number of aromatic nitrogens is 3. The van der Waals surface area contributed by atoms with Crippen LogP contribution in [0.25, 0.3) is 10.9 Å². The molecule has 0 bridgehead atoms. The van der Waals surface area contributed by atoms with Crippen LogP contribution in [0, 0.1) is 0 Å². The molecule has 0 aliphatic heterocycles. The average Bonchev–Trinajstić information content (AvgIpc) is 3.05. The van der Waals surface area contributed by atoms with Crippen LogP contribution < -0.4 is 4.74 Å². The third kappa shape index (κ3) is 2.98. The van der Waals surface area contributed by atoms with E-state index in [4.69, 9.17) is 21.1 Å². The number of fused-ring (bicyclic) bond motifs is 1. The van der Waals surface area contributed by atoms with Crippen LogP contribution in [0.15, 0.2) is 36.7 Å². The van der Waals surface area contributed by atoms with Gasteiger partial charge < -0.3 is 9.47 Å². The summed E-state index contributed by atoms with van der Waals surface area (Å²) in [6.45, 7) is 0.512. The molecule has 0 fully saturated rings. The van der Waals surface area contributed by atoms with Gasteiger partial charge in [-0.15, -0.1) is 0 Å². The first kappa shape index (κ1) is 15.3. The van der Waals surface area contributed by atoms with Gasteiger partial charge in [-0.2, -0.15) is 5.10 Å². The van der Waals surface area contributed by atoms with Gasteiger partial charge >= 0.3 is 5.97 Å². The van der Waals surface area contributed by atoms with E-state index in [9.17, 15) is 4.79 Å². The monoisotopic (exact) mass is 331 g/mol. The highest BCUT2D eigenvalue weighted by molar-refractivity contribution is 6.31. The zero-order valence-electron chi connectivity index (χ0n) is 12.6. The van der Waals surface area contributed by atoms with Crippen molar-refractivity contribution >= 4 is 28.5 Å². The van der Waals surface area contributed by atoms with E-state index >= 15 is 0 Å². The molecule has 0 aliphatic carbocycles. The Labute approximate surface area is 137 Å². The maximum atomic E-state index is 11.9. The summed E-state index contributed by atoms with van der Waals surface area (Å²) in [6.07, 6.45) is 3.56. The molecule has 0 aliphatic rings. The van der Waals surface area contributed by atoms with Gasteiger partial charge in [0.2, 0.25) is 5.88 Å². The summed E-state index contributed by atoms with van der Waals surface area (Å²) in [6, 6.07) is 7.10. The third-order valence-corrected chi connectivity index (χ3v) is 3.64. The molecule has 2 aromatic heterocycles. The molecule has 0 saturated heterocycles. The SMILES string of the molecule is COC(=O)c1cc2cc(Cl)cc(Cn3cccn3)c2nc1OC. The predicted molar refractivity (Wildman–Crippen MR) is 86.0 cm³/mol. The van der Waals surface area contributed by atoms with Gasteiger partial charge in [-0.05, 0) is 24.3 Å². The Bertz CT molecular complexity index is 863. The van der Waals surface area contributed by atoms with Gasteiger partial charge in [-0.3, -0.25) is 4.68 Å². The van der Waals surface area contributed by atoms with Crippen molar-refractivity contribution in [2.45, 2.75) is 6.54 Å². The fraction of sp³-hybridized carbons (Fsp3) is 0.188. The van der Waals surface area contributed by atoms with Crippen LogP contribution in [0.4, 0.5) is 0 Å². The van der Waals surface area contributed by atoms with Crippen LogP contribution in [-0.4, -0.2) is 35.0 Å². The maximum Gasteiger partial charge on any atom is 0.343 e. The molecule has 1 aromatic carbocycles. The fourth-order valence-corrected chi connectivity index (χ4v) is 2.65. The lowest BCUT2D eigenvalue weighted by molar-refractivity contribution is 0.0596. The molecule has 6 nitrogen and oxygen atoms in total. The average molecular weight is 332 g/mol. The molecule has 0 atom stereocenters. The third-order valence-electron chi connectivity index (χ3n) is 3.42. The van der Waals surface area contributed by atoms with Crippen molar-refractivity contribution in [2.24, 2.45) is 0 Å². The van der Waals surface area contributed by atoms with Gasteiger partial charge in [0.25, 0.3) is 0 Å². The summed E-state index contributed by atoms with van der Waals surface area (Å²) < 4.78 is 11.8. The number of methoxy groups -OCH3 is 2. The second kappa shape index (κ2) is 6.26. The molecule has 0 amide bonds. The zero-order chi connectivity index (χ0) is 16.4. The Balaban J connectivity index is 2.19. The first-order chi connectivity index (χ1) is 11.1. The number of hydrogen-bond acceptors (Lipinski definition) is 5. The topological polar surface area (TPSA) is 66.2 Å². The molecule has 0 radical (unpaired) electrons. The summed E-state index contributed by atoms with van der Waals surface area (Å²) >= 11 is 6.20. The minimum absolute atomic E-state index is 0.216. The van der Waals surface area contributed by atoms with Crippen molar-refractivity contribution in [1.29, 1.82) is 0 Å². The van der Waals surface area contributed by atoms with Crippen LogP contribution in [-0.2, 0) is 11.3 Å². The Morgan fingerprint density at radius 1 is 1.30 bits per heavy atom. The highest BCUT2D eigenvalue weighted by Crippen LogP contribution is 2.28. The van der Waals surface area contributed by atoms with E-state index in [2.05, 4.69) is 10.1 Å². The summed E-state index contributed by atoms with van der Waals surface area (Å²) in [5.41, 5.74) is 1.84. The number of esters is 1. The lowest BCUT2D eigenvalue weighted by Crippen LogP contribution is -2.07. The highest BCUT2D eigenvalue weighted by Gasteiger charge is 2.17. The van der Waals surface area contributed by atoms with Gasteiger partial charge in [0.1, 0.15) is 5.56 Å². The second-order valence-corrected chi connectivity index (χ2v) is 5.31. The second-order valence-electron chi connectivity index (χ2n) is 4.88. The first-order valence-corrected chi connectivity index (χ1v) is 7.23. The number of ether oxygens (including phenoxy) is 2. The summed E-state index contributed by atoms with van der Waals surface area (Å²) in [5, 5.41) is 5.48. The molecule has 0 N–H and O–H groups in total. The lowest BCUT2D eigenvalue weighted by atomic mass is 10.1. The number of rotatable bonds is 4. The number of carbonyl (C=O) groups is 1. The maximum absolute atomic E-state index is 11.9. The Hall–Kier alpha value is -2.60. The van der Waals surface area contributed by atoms with Crippen molar-refractivity contribution in [3.05, 3.63) is 52.8 Å². The van der Waals surface area contributed by atoms with E-state index in [1.54, 1.807) is 23.0 Å². The quantitative estimate of drug-likeness (QED) is 0.688. The summed E-state index contributed by atoms with van der Waals surface area (Å²) in [7, 11) is 2.77. The molecular formula is C16H14ClN3O3. The fourth-order valence-electron chi connectivity index (χ4n) is 2.40. The van der Waals surface area contributed by atoms with Gasteiger partial charge in [0.05, 0.1) is 26.3 Å². The van der Waals surface area contributed by atoms with Gasteiger partial charge in [0.15, 0.2) is 0 Å². The summed E-state index contributed by atoms with van der Waals surface area (Å²) in [5.74, 6) is -0.293. The van der Waals surface area contributed by atoms with E-state index in [1.165, 1.54) is 14.2 Å². The van der Waals surface area contributed by atoms with Gasteiger partial charge in [-0.1, -0.05) is 11.6 Å². The minimum Gasteiger partial charge on any atom is -0.480 e. The van der Waals surface area contributed by atoms with E-state index < -0.39 is 5.97 Å². The normalized spacial score (nSPS) is 10.7. The molecule has 3 aromatic rings. The molecule has 0 spiro atoms. The Morgan fingerprint density at radius 3 is 2.78 bits per heavy atom. The van der Waals surface area contributed by atoms with E-state index in [1.807, 2.05) is 18.3 Å². The van der Waals surface area contributed by atoms with Crippen molar-refractivity contribution < 1.29 is 14.3 Å². The Kier molecular flexibility index (Phi) is 4.16. The van der Waals surface area contributed by atoms with Gasteiger partial charge in [0, 0.05) is 28.4 Å². The van der Waals surface area contributed by atoms with Crippen LogP contribution >= 0.6 is 11.6 Å². The Morgan fingerprint density at radius 2 is 2.13 bits per heavy atom. The smallest absolute Gasteiger partial charge is 0.343 e. The number of benzene rings is 1. The summed E-state index contributed by atoms with van der Waals surface area (Å²) in [4.78, 5) is 16.3. The largest absolute Gasteiger partial charge is 0.480 e. The molecule has 7 heteroatoms. The highest BCUT2D eigenvalue weighted by atomic mass is 35.5. The van der Waals surface area contributed by atoms with E-state index in [-0.39, 0.29) is 11.4 Å². The van der Waals surface area contributed by atoms with Crippen LogP contribution in [0.2, 0.25) is 5.02 Å². The number of halogens is 1. The lowest BCUT2D eigenvalue weighted by Gasteiger charge is -2.11. The van der Waals surface area contributed by atoms with E-state index in [0.29, 0.717) is 17.1 Å².